The van der Waals surface area contributed by atoms with Gasteiger partial charge < -0.3 is 29.7 Å². The van der Waals surface area contributed by atoms with E-state index < -0.39 is 23.3 Å². The van der Waals surface area contributed by atoms with Crippen LogP contribution in [-0.4, -0.2) is 42.3 Å². The lowest BCUT2D eigenvalue weighted by atomic mass is 10.2. The van der Waals surface area contributed by atoms with Crippen molar-refractivity contribution in [3.63, 3.8) is 0 Å². The minimum Gasteiger partial charge on any atom is -0.450 e. The highest BCUT2D eigenvalue weighted by Crippen LogP contribution is 2.36. The maximum Gasteiger partial charge on any atom is 0.417 e. The van der Waals surface area contributed by atoms with Crippen molar-refractivity contribution < 1.29 is 22.6 Å². The van der Waals surface area contributed by atoms with Gasteiger partial charge in [-0.1, -0.05) is 23.2 Å². The van der Waals surface area contributed by atoms with E-state index in [0.717, 1.165) is 23.0 Å². The summed E-state index contributed by atoms with van der Waals surface area (Å²) in [5, 5.41) is 2.82. The summed E-state index contributed by atoms with van der Waals surface area (Å²) in [6, 6.07) is 0.213. The molecule has 1 fully saturated rings. The predicted molar refractivity (Wildman–Crippen MR) is 137 cm³/mol. The van der Waals surface area contributed by atoms with E-state index >= 15 is 0 Å². The number of imidazole rings is 1. The highest BCUT2D eigenvalue weighted by Gasteiger charge is 2.34. The van der Waals surface area contributed by atoms with E-state index in [9.17, 15) is 18.0 Å². The van der Waals surface area contributed by atoms with Gasteiger partial charge in [0.2, 0.25) is 5.95 Å². The summed E-state index contributed by atoms with van der Waals surface area (Å²) in [4.78, 5) is 29.7. The molecule has 5 rings (SSSR count). The zero-order valence-corrected chi connectivity index (χ0v) is 21.5. The van der Waals surface area contributed by atoms with E-state index in [2.05, 4.69) is 25.3 Å². The molecule has 1 aliphatic heterocycles. The van der Waals surface area contributed by atoms with Gasteiger partial charge in [-0.05, 0) is 12.5 Å². The second-order valence-electron chi connectivity index (χ2n) is 8.43. The first-order valence-electron chi connectivity index (χ1n) is 11.3. The maximum atomic E-state index is 13.7. The van der Waals surface area contributed by atoms with Crippen LogP contribution in [0.2, 0.25) is 10.2 Å². The summed E-state index contributed by atoms with van der Waals surface area (Å²) >= 11 is 12.7. The van der Waals surface area contributed by atoms with Gasteiger partial charge >= 0.3 is 6.18 Å². The van der Waals surface area contributed by atoms with E-state index in [4.69, 9.17) is 38.4 Å². The first kappa shape index (κ1) is 26.7. The summed E-state index contributed by atoms with van der Waals surface area (Å²) in [5.74, 6) is 0.144. The van der Waals surface area contributed by atoms with Gasteiger partial charge in [-0.3, -0.25) is 4.79 Å². The Hall–Kier alpha value is -3.88. The van der Waals surface area contributed by atoms with E-state index in [1.54, 1.807) is 7.05 Å². The van der Waals surface area contributed by atoms with Crippen LogP contribution < -0.4 is 21.3 Å². The quantitative estimate of drug-likeness (QED) is 0.319. The highest BCUT2D eigenvalue weighted by molar-refractivity contribution is 6.36. The Bertz CT molecular complexity index is 1650. The maximum absolute atomic E-state index is 13.7. The van der Waals surface area contributed by atoms with Crippen LogP contribution in [0.25, 0.3) is 16.9 Å². The highest BCUT2D eigenvalue weighted by atomic mass is 35.5. The second kappa shape index (κ2) is 10.4. The molecule has 3 N–H and O–H groups in total. The topological polar surface area (TPSA) is 135 Å². The molecule has 0 bridgehead atoms. The SMILES string of the molecule is Cn1c(Nc2cc(C(F)(F)F)cn(C3CCOC3)c2=O)nc2ncc(OC(=CN)c3nccnc3Cl)c(Cl)c21. The van der Waals surface area contributed by atoms with Crippen molar-refractivity contribution in [2.45, 2.75) is 18.6 Å². The largest absolute Gasteiger partial charge is 0.450 e. The number of rotatable bonds is 6. The van der Waals surface area contributed by atoms with Crippen molar-refractivity contribution in [3.05, 3.63) is 68.8 Å². The van der Waals surface area contributed by atoms with Crippen molar-refractivity contribution in [3.8, 4) is 5.75 Å². The van der Waals surface area contributed by atoms with E-state index in [0.29, 0.717) is 13.0 Å². The molecule has 1 atom stereocenters. The molecule has 204 valence electrons. The monoisotopic (exact) mass is 582 g/mol. The third-order valence-corrected chi connectivity index (χ3v) is 6.62. The zero-order valence-electron chi connectivity index (χ0n) is 20.0. The van der Waals surface area contributed by atoms with Crippen LogP contribution in [0.4, 0.5) is 24.8 Å². The smallest absolute Gasteiger partial charge is 0.417 e. The second-order valence-corrected chi connectivity index (χ2v) is 9.16. The van der Waals surface area contributed by atoms with E-state index in [-0.39, 0.29) is 56.8 Å². The Morgan fingerprint density at radius 1 is 1.28 bits per heavy atom. The molecular formula is C23H19Cl2F3N8O3. The van der Waals surface area contributed by atoms with Gasteiger partial charge in [0.1, 0.15) is 21.9 Å². The first-order chi connectivity index (χ1) is 18.6. The van der Waals surface area contributed by atoms with Crippen LogP contribution in [0.5, 0.6) is 5.75 Å². The molecule has 4 aromatic rings. The number of nitrogens with zero attached hydrogens (tertiary/aromatic N) is 6. The fourth-order valence-corrected chi connectivity index (χ4v) is 4.54. The predicted octanol–water partition coefficient (Wildman–Crippen LogP) is 4.29. The van der Waals surface area contributed by atoms with Crippen LogP contribution in [0.3, 0.4) is 0 Å². The van der Waals surface area contributed by atoms with E-state index in [1.807, 2.05) is 0 Å². The van der Waals surface area contributed by atoms with Gasteiger partial charge in [-0.2, -0.15) is 18.2 Å². The molecule has 0 aromatic carbocycles. The summed E-state index contributed by atoms with van der Waals surface area (Å²) in [7, 11) is 1.55. The fraction of sp³-hybridized carbons (Fsp3) is 0.261. The molecule has 0 aliphatic carbocycles. The number of ether oxygens (including phenoxy) is 2. The number of hydrogen-bond acceptors (Lipinski definition) is 9. The molecule has 0 amide bonds. The number of hydrogen-bond donors (Lipinski definition) is 2. The average molecular weight is 583 g/mol. The van der Waals surface area contributed by atoms with Gasteiger partial charge in [0.05, 0.1) is 24.4 Å². The summed E-state index contributed by atoms with van der Waals surface area (Å²) in [5.41, 5.74) is 4.30. The fourth-order valence-electron chi connectivity index (χ4n) is 4.04. The number of aryl methyl sites for hydroxylation is 1. The Morgan fingerprint density at radius 3 is 2.72 bits per heavy atom. The average Bonchev–Trinajstić information content (AvgIpc) is 3.54. The molecule has 39 heavy (non-hydrogen) atoms. The van der Waals surface area contributed by atoms with Crippen LogP contribution in [-0.2, 0) is 18.0 Å². The normalized spacial score (nSPS) is 16.2. The van der Waals surface area contributed by atoms with Gasteiger partial charge in [0.25, 0.3) is 5.56 Å². The molecule has 0 saturated carbocycles. The minimum absolute atomic E-state index is 0.0220. The number of anilines is 2. The van der Waals surface area contributed by atoms with Crippen LogP contribution in [0, 0.1) is 0 Å². The molecule has 16 heteroatoms. The number of nitrogens with one attached hydrogen (secondary N) is 1. The van der Waals surface area contributed by atoms with Crippen molar-refractivity contribution in [2.24, 2.45) is 12.8 Å². The number of alkyl halides is 3. The minimum atomic E-state index is -4.69. The standard InChI is InChI=1S/C23H19Cl2F3N8O3/c1-35-18-16(24)15(39-14(7-29)17-19(25)31-4-3-30-17)8-32-20(18)34-22(35)33-13-6-11(23(26,27)28)9-36(21(13)37)12-2-5-38-10-12/h3-4,6-9,12H,2,5,10,29H2,1H3,(H,32,33,34). The van der Waals surface area contributed by atoms with Gasteiger partial charge in [0.15, 0.2) is 22.3 Å². The van der Waals surface area contributed by atoms with Crippen LogP contribution >= 0.6 is 23.2 Å². The Balaban J connectivity index is 1.53. The van der Waals surface area contributed by atoms with Crippen molar-refractivity contribution >= 4 is 51.8 Å². The zero-order chi connectivity index (χ0) is 27.9. The Kier molecular flexibility index (Phi) is 7.09. The van der Waals surface area contributed by atoms with Crippen molar-refractivity contribution in [1.82, 2.24) is 29.1 Å². The number of fused-ring (bicyclic) bond motifs is 1. The van der Waals surface area contributed by atoms with Crippen molar-refractivity contribution in [1.29, 1.82) is 0 Å². The summed E-state index contributed by atoms with van der Waals surface area (Å²) < 4.78 is 54.5. The lowest BCUT2D eigenvalue weighted by Crippen LogP contribution is -2.28. The summed E-state index contributed by atoms with van der Waals surface area (Å²) in [6.45, 7) is 0.480. The molecule has 1 aliphatic rings. The number of halogens is 5. The third-order valence-electron chi connectivity index (χ3n) is 5.98. The molecule has 0 spiro atoms. The van der Waals surface area contributed by atoms with Crippen molar-refractivity contribution in [2.75, 3.05) is 18.5 Å². The Morgan fingerprint density at radius 2 is 2.05 bits per heavy atom. The summed E-state index contributed by atoms with van der Waals surface area (Å²) in [6.07, 6.45) is 1.73. The first-order valence-corrected chi connectivity index (χ1v) is 12.1. The lowest BCUT2D eigenvalue weighted by molar-refractivity contribution is -0.138. The lowest BCUT2D eigenvalue weighted by Gasteiger charge is -2.18. The molecular weight excluding hydrogens is 564 g/mol. The number of nitrogens with two attached hydrogens (primary N) is 1. The molecule has 0 radical (unpaired) electrons. The molecule has 1 saturated heterocycles. The molecule has 1 unspecified atom stereocenters. The van der Waals surface area contributed by atoms with Crippen LogP contribution in [0.1, 0.15) is 23.7 Å². The third kappa shape index (κ3) is 5.10. The molecule has 5 heterocycles. The number of pyridine rings is 2. The van der Waals surface area contributed by atoms with Gasteiger partial charge in [-0.25, -0.2) is 15.0 Å². The Labute approximate surface area is 228 Å². The van der Waals surface area contributed by atoms with Gasteiger partial charge in [-0.15, -0.1) is 0 Å². The van der Waals surface area contributed by atoms with Gasteiger partial charge in [0, 0.05) is 38.4 Å². The molecule has 11 nitrogen and oxygen atoms in total. The van der Waals surface area contributed by atoms with Crippen LogP contribution in [0.15, 0.2) is 41.8 Å². The van der Waals surface area contributed by atoms with E-state index in [1.165, 1.54) is 23.2 Å². The number of aromatic nitrogens is 6. The molecule has 4 aromatic heterocycles.